The van der Waals surface area contributed by atoms with Crippen molar-refractivity contribution >= 4 is 29.9 Å². The van der Waals surface area contributed by atoms with Gasteiger partial charge in [-0.2, -0.15) is 11.8 Å². The quantitative estimate of drug-likeness (QED) is 0.314. The molecule has 2 heterocycles. The molecule has 2 rings (SSSR count). The summed E-state index contributed by atoms with van der Waals surface area (Å²) >= 11 is 1.87. The highest BCUT2D eigenvalue weighted by atomic mass is 32.2. The van der Waals surface area contributed by atoms with Crippen molar-refractivity contribution in [1.82, 2.24) is 10.6 Å². The highest BCUT2D eigenvalue weighted by Crippen LogP contribution is 2.33. The van der Waals surface area contributed by atoms with Gasteiger partial charge in [-0.05, 0) is 12.8 Å². The molecule has 2 aliphatic rings. The Morgan fingerprint density at radius 1 is 1.41 bits per heavy atom. The summed E-state index contributed by atoms with van der Waals surface area (Å²) in [6.45, 7) is 0. The number of urea groups is 1. The van der Waals surface area contributed by atoms with E-state index in [-0.39, 0.29) is 23.9 Å². The van der Waals surface area contributed by atoms with Gasteiger partial charge in [0.1, 0.15) is 0 Å². The largest absolute Gasteiger partial charge is 0.332 e. The van der Waals surface area contributed by atoms with Crippen molar-refractivity contribution in [2.75, 3.05) is 5.75 Å². The number of ketones is 1. The monoisotopic (exact) mass is 256 g/mol. The van der Waals surface area contributed by atoms with Gasteiger partial charge in [0.15, 0.2) is 12.1 Å². The van der Waals surface area contributed by atoms with E-state index in [0.717, 1.165) is 25.0 Å². The first-order valence-corrected chi connectivity index (χ1v) is 6.92. The number of fused-ring (bicyclic) bond motifs is 1. The zero-order valence-corrected chi connectivity index (χ0v) is 10.3. The van der Waals surface area contributed by atoms with Gasteiger partial charge >= 0.3 is 6.03 Å². The molecule has 3 atom stereocenters. The summed E-state index contributed by atoms with van der Waals surface area (Å²) in [5, 5.41) is 6.26. The lowest BCUT2D eigenvalue weighted by molar-refractivity contribution is -0.129. The summed E-state index contributed by atoms with van der Waals surface area (Å²) in [6, 6.07) is 0.421. The van der Waals surface area contributed by atoms with Gasteiger partial charge in [0.05, 0.1) is 12.1 Å². The molecule has 6 heteroatoms. The number of thioether (sulfide) groups is 1. The Kier molecular flexibility index (Phi) is 4.04. The van der Waals surface area contributed by atoms with E-state index in [1.54, 1.807) is 0 Å². The Morgan fingerprint density at radius 3 is 3.00 bits per heavy atom. The molecule has 2 aliphatic heterocycles. The van der Waals surface area contributed by atoms with E-state index in [1.807, 2.05) is 11.8 Å². The minimum absolute atomic E-state index is 0.0681. The van der Waals surface area contributed by atoms with Crippen LogP contribution < -0.4 is 10.6 Å². The van der Waals surface area contributed by atoms with Crippen LogP contribution in [0.25, 0.3) is 0 Å². The minimum atomic E-state index is -0.321. The first kappa shape index (κ1) is 12.4. The Hall–Kier alpha value is -1.04. The van der Waals surface area contributed by atoms with Crippen LogP contribution in [-0.4, -0.2) is 41.2 Å². The third kappa shape index (κ3) is 3.00. The van der Waals surface area contributed by atoms with Crippen molar-refractivity contribution in [2.45, 2.75) is 43.0 Å². The molecule has 0 aromatic rings. The summed E-state index contributed by atoms with van der Waals surface area (Å²) < 4.78 is 0. The first-order valence-electron chi connectivity index (χ1n) is 5.87. The number of amides is 2. The molecule has 0 saturated carbocycles. The Morgan fingerprint density at radius 2 is 2.24 bits per heavy atom. The Bertz CT molecular complexity index is 335. The Balaban J connectivity index is 1.68. The highest BCUT2D eigenvalue weighted by Gasteiger charge is 2.42. The second kappa shape index (κ2) is 5.53. The van der Waals surface area contributed by atoms with E-state index in [1.165, 1.54) is 0 Å². The maximum absolute atomic E-state index is 11.1. The zero-order valence-electron chi connectivity index (χ0n) is 9.48. The summed E-state index contributed by atoms with van der Waals surface area (Å²) in [6.07, 6.45) is 3.41. The molecule has 2 fully saturated rings. The lowest BCUT2D eigenvalue weighted by Crippen LogP contribution is -2.36. The summed E-state index contributed by atoms with van der Waals surface area (Å²) in [5.74, 6) is 0.638. The highest BCUT2D eigenvalue weighted by molar-refractivity contribution is 8.00. The van der Waals surface area contributed by atoms with Gasteiger partial charge in [0, 0.05) is 17.4 Å². The van der Waals surface area contributed by atoms with Crippen LogP contribution in [0.15, 0.2) is 0 Å². The number of hydrogen-bond donors (Lipinski definition) is 2. The SMILES string of the molecule is O=CC(=O)CCCCC1SCC2NC(=O)NC21. The fraction of sp³-hybridized carbons (Fsp3) is 0.727. The molecule has 2 N–H and O–H groups in total. The van der Waals surface area contributed by atoms with E-state index in [9.17, 15) is 14.4 Å². The van der Waals surface area contributed by atoms with Crippen molar-refractivity contribution in [1.29, 1.82) is 0 Å². The van der Waals surface area contributed by atoms with Crippen LogP contribution in [0.5, 0.6) is 0 Å². The number of rotatable bonds is 6. The van der Waals surface area contributed by atoms with Crippen LogP contribution in [0.2, 0.25) is 0 Å². The van der Waals surface area contributed by atoms with Gasteiger partial charge < -0.3 is 10.6 Å². The molecule has 2 amide bonds. The van der Waals surface area contributed by atoms with Gasteiger partial charge in [0.25, 0.3) is 0 Å². The Labute approximate surface area is 104 Å². The fourth-order valence-electron chi connectivity index (χ4n) is 2.35. The fourth-order valence-corrected chi connectivity index (χ4v) is 3.89. The molecule has 3 unspecified atom stereocenters. The molecule has 94 valence electrons. The van der Waals surface area contributed by atoms with Crippen molar-refractivity contribution < 1.29 is 14.4 Å². The third-order valence-corrected chi connectivity index (χ3v) is 4.74. The number of unbranched alkanes of at least 4 members (excludes halogenated alkanes) is 1. The average Bonchev–Trinajstić information content (AvgIpc) is 2.84. The van der Waals surface area contributed by atoms with E-state index in [2.05, 4.69) is 10.6 Å². The molecule has 0 bridgehead atoms. The lowest BCUT2D eigenvalue weighted by Gasteiger charge is -2.16. The summed E-state index contributed by atoms with van der Waals surface area (Å²) in [4.78, 5) is 32.1. The standard InChI is InChI=1S/C11H16N2O3S/c14-5-7(15)3-1-2-4-9-10-8(6-17-9)12-11(16)13-10/h5,8-10H,1-4,6H2,(H2,12,13,16). The molecule has 0 aromatic heterocycles. The van der Waals surface area contributed by atoms with Gasteiger partial charge in [-0.25, -0.2) is 4.79 Å². The molecule has 0 aliphatic carbocycles. The van der Waals surface area contributed by atoms with Crippen molar-refractivity contribution in [3.63, 3.8) is 0 Å². The number of hydrogen-bond acceptors (Lipinski definition) is 4. The molecule has 0 radical (unpaired) electrons. The topological polar surface area (TPSA) is 75.3 Å². The molecule has 0 aromatic carbocycles. The molecular weight excluding hydrogens is 240 g/mol. The van der Waals surface area contributed by atoms with Crippen LogP contribution >= 0.6 is 11.8 Å². The van der Waals surface area contributed by atoms with E-state index in [4.69, 9.17) is 0 Å². The van der Waals surface area contributed by atoms with Gasteiger partial charge in [-0.1, -0.05) is 6.42 Å². The smallest absolute Gasteiger partial charge is 0.315 e. The number of aldehydes is 1. The molecule has 17 heavy (non-hydrogen) atoms. The van der Waals surface area contributed by atoms with Crippen molar-refractivity contribution in [2.24, 2.45) is 0 Å². The minimum Gasteiger partial charge on any atom is -0.332 e. The average molecular weight is 256 g/mol. The third-order valence-electron chi connectivity index (χ3n) is 3.23. The van der Waals surface area contributed by atoms with Crippen LogP contribution in [0.3, 0.4) is 0 Å². The first-order chi connectivity index (χ1) is 8.20. The van der Waals surface area contributed by atoms with Crippen molar-refractivity contribution in [3.8, 4) is 0 Å². The summed E-state index contributed by atoms with van der Waals surface area (Å²) in [5.41, 5.74) is 0. The van der Waals surface area contributed by atoms with Crippen LogP contribution in [0, 0.1) is 0 Å². The normalized spacial score (nSPS) is 30.6. The van der Waals surface area contributed by atoms with Gasteiger partial charge in [-0.3, -0.25) is 9.59 Å². The molecular formula is C11H16N2O3S. The maximum atomic E-state index is 11.1. The van der Waals surface area contributed by atoms with E-state index in [0.29, 0.717) is 18.0 Å². The predicted octanol–water partition coefficient (Wildman–Crippen LogP) is 0.480. The summed E-state index contributed by atoms with van der Waals surface area (Å²) in [7, 11) is 0. The number of carbonyl (C=O) groups excluding carboxylic acids is 3. The molecule has 2 saturated heterocycles. The van der Waals surface area contributed by atoms with Gasteiger partial charge in [-0.15, -0.1) is 0 Å². The number of nitrogens with one attached hydrogen (secondary N) is 2. The maximum Gasteiger partial charge on any atom is 0.315 e. The van der Waals surface area contributed by atoms with Crippen LogP contribution in [0.4, 0.5) is 4.79 Å². The molecule has 5 nitrogen and oxygen atoms in total. The molecule has 0 spiro atoms. The zero-order chi connectivity index (χ0) is 12.3. The lowest BCUT2D eigenvalue weighted by atomic mass is 10.0. The number of carbonyl (C=O) groups is 3. The van der Waals surface area contributed by atoms with E-state index >= 15 is 0 Å². The van der Waals surface area contributed by atoms with Gasteiger partial charge in [0.2, 0.25) is 0 Å². The number of Topliss-reactive ketones (excluding diaryl/α,β-unsaturated/α-hetero) is 1. The second-order valence-corrected chi connectivity index (χ2v) is 5.72. The second-order valence-electron chi connectivity index (χ2n) is 4.45. The van der Waals surface area contributed by atoms with E-state index < -0.39 is 0 Å². The van der Waals surface area contributed by atoms with Crippen LogP contribution in [-0.2, 0) is 9.59 Å². The van der Waals surface area contributed by atoms with Crippen LogP contribution in [0.1, 0.15) is 25.7 Å². The predicted molar refractivity (Wildman–Crippen MR) is 65.0 cm³/mol. The van der Waals surface area contributed by atoms with Crippen molar-refractivity contribution in [3.05, 3.63) is 0 Å².